The summed E-state index contributed by atoms with van der Waals surface area (Å²) < 4.78 is 10.7. The van der Waals surface area contributed by atoms with Crippen LogP contribution in [-0.2, 0) is 30.5 Å². The smallest absolute Gasteiger partial charge is 0.407 e. The van der Waals surface area contributed by atoms with Crippen LogP contribution in [0.25, 0.3) is 0 Å². The maximum Gasteiger partial charge on any atom is 0.407 e. The third-order valence-electron chi connectivity index (χ3n) is 7.88. The van der Waals surface area contributed by atoms with Crippen molar-refractivity contribution >= 4 is 29.6 Å². The highest BCUT2D eigenvalue weighted by molar-refractivity contribution is 6.00. The van der Waals surface area contributed by atoms with Crippen LogP contribution in [0.15, 0.2) is 60.7 Å². The van der Waals surface area contributed by atoms with Crippen molar-refractivity contribution in [1.82, 2.24) is 15.5 Å². The number of ether oxygens (including phenoxy) is 2. The Labute approximate surface area is 254 Å². The lowest BCUT2D eigenvalue weighted by Gasteiger charge is -2.52. The molecule has 0 aliphatic carbocycles. The first-order valence-corrected chi connectivity index (χ1v) is 15.2. The number of rotatable bonds is 11. The third kappa shape index (κ3) is 8.72. The van der Waals surface area contributed by atoms with Crippen LogP contribution >= 0.6 is 0 Å². The number of para-hydroxylation sites is 1. The SMILES string of the molecule is CC(C)(C)OC(=O)CCN1C(=O)C(CCCCNC(=O)OCc2ccccc2)NC(=O)C12CCN(c1ccccc1)CC2. The van der Waals surface area contributed by atoms with Gasteiger partial charge in [0.15, 0.2) is 0 Å². The number of hydrogen-bond donors (Lipinski definition) is 2. The van der Waals surface area contributed by atoms with Crippen LogP contribution in [0.1, 0.15) is 64.9 Å². The number of amides is 3. The van der Waals surface area contributed by atoms with E-state index >= 15 is 0 Å². The van der Waals surface area contributed by atoms with Gasteiger partial charge in [-0.2, -0.15) is 0 Å². The molecule has 2 heterocycles. The van der Waals surface area contributed by atoms with Crippen molar-refractivity contribution in [2.75, 3.05) is 31.1 Å². The number of esters is 1. The zero-order valence-corrected chi connectivity index (χ0v) is 25.5. The quantitative estimate of drug-likeness (QED) is 0.297. The Balaban J connectivity index is 1.32. The summed E-state index contributed by atoms with van der Waals surface area (Å²) in [6, 6.07) is 18.8. The van der Waals surface area contributed by atoms with E-state index in [2.05, 4.69) is 15.5 Å². The van der Waals surface area contributed by atoms with Gasteiger partial charge in [0.25, 0.3) is 0 Å². The maximum absolute atomic E-state index is 13.8. The Morgan fingerprint density at radius 3 is 2.28 bits per heavy atom. The molecule has 10 heteroatoms. The number of carbonyl (C=O) groups is 4. The van der Waals surface area contributed by atoms with Crippen LogP contribution in [0.2, 0.25) is 0 Å². The Bertz CT molecular complexity index is 1240. The van der Waals surface area contributed by atoms with Gasteiger partial charge in [-0.3, -0.25) is 14.4 Å². The standard InChI is InChI=1S/C33H44N4O6/c1-32(2,3)43-28(38)17-21-37-29(39)27(16-10-11-20-34-31(41)42-24-25-12-6-4-7-13-25)35-30(40)33(37)18-22-36(23-19-33)26-14-8-5-9-15-26/h4-9,12-15,27H,10-11,16-24H2,1-3H3,(H,34,41)(H,35,40). The lowest BCUT2D eigenvalue weighted by molar-refractivity contribution is -0.163. The van der Waals surface area contributed by atoms with E-state index in [1.807, 2.05) is 60.7 Å². The van der Waals surface area contributed by atoms with E-state index < -0.39 is 29.2 Å². The van der Waals surface area contributed by atoms with Gasteiger partial charge >= 0.3 is 12.1 Å². The van der Waals surface area contributed by atoms with E-state index in [0.29, 0.717) is 51.7 Å². The molecule has 2 aromatic rings. The first kappa shape index (κ1) is 31.8. The van der Waals surface area contributed by atoms with Crippen molar-refractivity contribution in [3.63, 3.8) is 0 Å². The van der Waals surface area contributed by atoms with Gasteiger partial charge in [0.05, 0.1) is 6.42 Å². The van der Waals surface area contributed by atoms with Gasteiger partial charge in [-0.15, -0.1) is 0 Å². The summed E-state index contributed by atoms with van der Waals surface area (Å²) in [6.07, 6.45) is 2.12. The molecule has 0 radical (unpaired) electrons. The van der Waals surface area contributed by atoms with E-state index in [4.69, 9.17) is 9.47 Å². The van der Waals surface area contributed by atoms with E-state index in [1.165, 1.54) is 0 Å². The van der Waals surface area contributed by atoms with Crippen molar-refractivity contribution in [2.45, 2.75) is 83.1 Å². The van der Waals surface area contributed by atoms with Gasteiger partial charge in [-0.1, -0.05) is 48.5 Å². The molecule has 10 nitrogen and oxygen atoms in total. The summed E-state index contributed by atoms with van der Waals surface area (Å²) in [4.78, 5) is 56.0. The van der Waals surface area contributed by atoms with Crippen molar-refractivity contribution in [3.8, 4) is 0 Å². The molecule has 2 fully saturated rings. The van der Waals surface area contributed by atoms with Crippen LogP contribution in [0, 0.1) is 0 Å². The topological polar surface area (TPSA) is 117 Å². The Morgan fingerprint density at radius 1 is 0.977 bits per heavy atom. The molecule has 3 amide bonds. The second kappa shape index (κ2) is 14.4. The van der Waals surface area contributed by atoms with Gasteiger partial charge in [0, 0.05) is 31.9 Å². The lowest BCUT2D eigenvalue weighted by atomic mass is 9.81. The summed E-state index contributed by atoms with van der Waals surface area (Å²) in [5, 5.41) is 5.73. The summed E-state index contributed by atoms with van der Waals surface area (Å²) in [5.41, 5.74) is 0.341. The highest BCUT2D eigenvalue weighted by Crippen LogP contribution is 2.35. The Morgan fingerprint density at radius 2 is 1.63 bits per heavy atom. The summed E-state index contributed by atoms with van der Waals surface area (Å²) in [5.74, 6) is -0.743. The number of carbonyl (C=O) groups excluding carboxylic acids is 4. The van der Waals surface area contributed by atoms with Gasteiger partial charge < -0.3 is 29.9 Å². The zero-order valence-electron chi connectivity index (χ0n) is 25.5. The lowest BCUT2D eigenvalue weighted by Crippen LogP contribution is -2.73. The molecule has 43 heavy (non-hydrogen) atoms. The molecule has 232 valence electrons. The molecule has 1 unspecified atom stereocenters. The molecule has 1 spiro atoms. The fraction of sp³-hybridized carbons (Fsp3) is 0.515. The molecule has 2 N–H and O–H groups in total. The second-order valence-electron chi connectivity index (χ2n) is 12.2. The number of anilines is 1. The fourth-order valence-electron chi connectivity index (χ4n) is 5.70. The second-order valence-corrected chi connectivity index (χ2v) is 12.2. The molecule has 0 bridgehead atoms. The van der Waals surface area contributed by atoms with Crippen molar-refractivity contribution in [3.05, 3.63) is 66.2 Å². The number of nitrogens with zero attached hydrogens (tertiary/aromatic N) is 2. The number of hydrogen-bond acceptors (Lipinski definition) is 7. The van der Waals surface area contributed by atoms with Crippen LogP contribution in [0.5, 0.6) is 0 Å². The minimum atomic E-state index is -1.01. The molecule has 0 saturated carbocycles. The van der Waals surface area contributed by atoms with Crippen molar-refractivity contribution in [2.24, 2.45) is 0 Å². The van der Waals surface area contributed by atoms with Crippen LogP contribution < -0.4 is 15.5 Å². The van der Waals surface area contributed by atoms with Gasteiger partial charge in [-0.25, -0.2) is 4.79 Å². The van der Waals surface area contributed by atoms with E-state index in [0.717, 1.165) is 11.3 Å². The predicted molar refractivity (Wildman–Crippen MR) is 163 cm³/mol. The van der Waals surface area contributed by atoms with E-state index in [1.54, 1.807) is 25.7 Å². The molecular formula is C33H44N4O6. The highest BCUT2D eigenvalue weighted by Gasteiger charge is 2.53. The Hall–Kier alpha value is -4.08. The number of piperidine rings is 1. The maximum atomic E-state index is 13.8. The molecular weight excluding hydrogens is 548 g/mol. The van der Waals surface area contributed by atoms with E-state index in [-0.39, 0.29) is 31.4 Å². The fourth-order valence-corrected chi connectivity index (χ4v) is 5.70. The van der Waals surface area contributed by atoms with Crippen molar-refractivity contribution < 1.29 is 28.7 Å². The highest BCUT2D eigenvalue weighted by atomic mass is 16.6. The van der Waals surface area contributed by atoms with Crippen LogP contribution in [0.3, 0.4) is 0 Å². The molecule has 1 atom stereocenters. The predicted octanol–water partition coefficient (Wildman–Crippen LogP) is 4.18. The number of benzene rings is 2. The molecule has 4 rings (SSSR count). The average Bonchev–Trinajstić information content (AvgIpc) is 2.99. The molecule has 2 aromatic carbocycles. The molecule has 2 saturated heterocycles. The first-order chi connectivity index (χ1) is 20.6. The number of alkyl carbamates (subject to hydrolysis) is 1. The van der Waals surface area contributed by atoms with Crippen molar-refractivity contribution in [1.29, 1.82) is 0 Å². The summed E-state index contributed by atoms with van der Waals surface area (Å²) >= 11 is 0. The average molecular weight is 593 g/mol. The molecule has 0 aromatic heterocycles. The zero-order chi connectivity index (χ0) is 30.9. The van der Waals surface area contributed by atoms with Crippen LogP contribution in [-0.4, -0.2) is 72.1 Å². The van der Waals surface area contributed by atoms with Gasteiger partial charge in [0.2, 0.25) is 11.8 Å². The first-order valence-electron chi connectivity index (χ1n) is 15.2. The summed E-state index contributed by atoms with van der Waals surface area (Å²) in [6.45, 7) is 7.35. The third-order valence-corrected chi connectivity index (χ3v) is 7.88. The van der Waals surface area contributed by atoms with Gasteiger partial charge in [0.1, 0.15) is 23.8 Å². The largest absolute Gasteiger partial charge is 0.460 e. The summed E-state index contributed by atoms with van der Waals surface area (Å²) in [7, 11) is 0. The number of piperazine rings is 1. The number of nitrogens with one attached hydrogen (secondary N) is 2. The molecule has 2 aliphatic heterocycles. The minimum absolute atomic E-state index is 0.0160. The van der Waals surface area contributed by atoms with E-state index in [9.17, 15) is 19.2 Å². The normalized spacial score (nSPS) is 18.3. The monoisotopic (exact) mass is 592 g/mol. The molecule has 2 aliphatic rings. The van der Waals surface area contributed by atoms with Crippen LogP contribution in [0.4, 0.5) is 10.5 Å². The van der Waals surface area contributed by atoms with Gasteiger partial charge in [-0.05, 0) is 70.6 Å². The number of unbranched alkanes of at least 4 members (excludes halogenated alkanes) is 1. The Kier molecular flexibility index (Phi) is 10.7. The minimum Gasteiger partial charge on any atom is -0.460 e.